The molecule has 0 aliphatic rings. The summed E-state index contributed by atoms with van der Waals surface area (Å²) in [6.07, 6.45) is 0. The molecule has 0 saturated carbocycles. The van der Waals surface area contributed by atoms with E-state index in [0.717, 1.165) is 10.8 Å². The largest absolute Gasteiger partial charge is 0.286 e. The van der Waals surface area contributed by atoms with Crippen LogP contribution in [0, 0.1) is 0 Å². The summed E-state index contributed by atoms with van der Waals surface area (Å²) in [5.74, 6) is 0.100. The van der Waals surface area contributed by atoms with Crippen LogP contribution in [-0.2, 0) is 10.1 Å². The Balaban J connectivity index is 3.42. The normalized spacial score (nSPS) is 11.8. The third-order valence-electron chi connectivity index (χ3n) is 0.433. The van der Waals surface area contributed by atoms with Crippen LogP contribution < -0.4 is 0 Å². The van der Waals surface area contributed by atoms with Crippen LogP contribution in [0.5, 0.6) is 0 Å². The van der Waals surface area contributed by atoms with E-state index in [2.05, 4.69) is 11.7 Å². The maximum atomic E-state index is 9.90. The van der Waals surface area contributed by atoms with Crippen molar-refractivity contribution >= 4 is 32.6 Å². The van der Waals surface area contributed by atoms with Gasteiger partial charge < -0.3 is 0 Å². The van der Waals surface area contributed by atoms with Crippen molar-refractivity contribution in [2.45, 2.75) is 0 Å². The highest BCUT2D eigenvalue weighted by Crippen LogP contribution is 2.03. The SMILES string of the molecule is O=S(=O)(O)CCSS. The maximum absolute atomic E-state index is 9.90. The molecule has 0 rings (SSSR count). The third-order valence-corrected chi connectivity index (χ3v) is 2.35. The van der Waals surface area contributed by atoms with Gasteiger partial charge in [-0.2, -0.15) is 8.42 Å². The summed E-state index contributed by atoms with van der Waals surface area (Å²) in [5, 5.41) is 0. The number of rotatable bonds is 3. The second-order valence-corrected chi connectivity index (χ2v) is 4.13. The van der Waals surface area contributed by atoms with Gasteiger partial charge >= 0.3 is 0 Å². The molecule has 0 unspecified atom stereocenters. The van der Waals surface area contributed by atoms with Crippen molar-refractivity contribution in [2.24, 2.45) is 0 Å². The Morgan fingerprint density at radius 2 is 2.12 bits per heavy atom. The highest BCUT2D eigenvalue weighted by Gasteiger charge is 2.00. The Kier molecular flexibility index (Phi) is 3.87. The van der Waals surface area contributed by atoms with E-state index >= 15 is 0 Å². The topological polar surface area (TPSA) is 54.4 Å². The molecular formula is C2H6O3S3. The van der Waals surface area contributed by atoms with Gasteiger partial charge in [0.05, 0.1) is 5.75 Å². The van der Waals surface area contributed by atoms with Gasteiger partial charge in [-0.15, -0.1) is 11.7 Å². The first-order valence-electron chi connectivity index (χ1n) is 1.78. The van der Waals surface area contributed by atoms with Crippen molar-refractivity contribution in [3.8, 4) is 0 Å². The number of thiol groups is 1. The Morgan fingerprint density at radius 3 is 2.25 bits per heavy atom. The van der Waals surface area contributed by atoms with E-state index in [1.54, 1.807) is 0 Å². The van der Waals surface area contributed by atoms with E-state index in [-0.39, 0.29) is 5.75 Å². The van der Waals surface area contributed by atoms with Gasteiger partial charge in [-0.3, -0.25) is 4.55 Å². The molecule has 8 heavy (non-hydrogen) atoms. The highest BCUT2D eigenvalue weighted by molar-refractivity contribution is 8.68. The van der Waals surface area contributed by atoms with Crippen LogP contribution in [0.1, 0.15) is 0 Å². The average molecular weight is 174 g/mol. The van der Waals surface area contributed by atoms with Crippen LogP contribution in [0.15, 0.2) is 0 Å². The molecule has 0 aliphatic heterocycles. The molecule has 0 bridgehead atoms. The molecule has 0 heterocycles. The molecule has 0 aromatic heterocycles. The van der Waals surface area contributed by atoms with Crippen molar-refractivity contribution in [2.75, 3.05) is 11.5 Å². The van der Waals surface area contributed by atoms with Crippen LogP contribution in [0.2, 0.25) is 0 Å². The van der Waals surface area contributed by atoms with Gasteiger partial charge in [0.2, 0.25) is 0 Å². The monoisotopic (exact) mass is 174 g/mol. The highest BCUT2D eigenvalue weighted by atomic mass is 33.1. The zero-order valence-electron chi connectivity index (χ0n) is 3.94. The van der Waals surface area contributed by atoms with Crippen molar-refractivity contribution in [3.63, 3.8) is 0 Å². The van der Waals surface area contributed by atoms with Crippen molar-refractivity contribution in [1.29, 1.82) is 0 Å². The lowest BCUT2D eigenvalue weighted by atomic mass is 11.0. The molecule has 0 radical (unpaired) electrons. The lowest BCUT2D eigenvalue weighted by Crippen LogP contribution is -2.04. The zero-order chi connectivity index (χ0) is 6.62. The minimum atomic E-state index is -3.76. The molecule has 50 valence electrons. The fourth-order valence-electron chi connectivity index (χ4n) is 0.143. The van der Waals surface area contributed by atoms with E-state index < -0.39 is 10.1 Å². The van der Waals surface area contributed by atoms with Gasteiger partial charge in [0.15, 0.2) is 0 Å². The predicted molar refractivity (Wildman–Crippen MR) is 37.9 cm³/mol. The minimum absolute atomic E-state index is 0.221. The third kappa shape index (κ3) is 6.61. The smallest absolute Gasteiger partial charge is 0.265 e. The van der Waals surface area contributed by atoms with Crippen molar-refractivity contribution in [3.05, 3.63) is 0 Å². The fourth-order valence-corrected chi connectivity index (χ4v) is 1.95. The molecule has 1 N–H and O–H groups in total. The standard InChI is InChI=1S/C2H6O3S3/c3-8(4,5)2-1-7-6/h6H,1-2H2,(H,3,4,5). The fraction of sp³-hybridized carbons (Fsp3) is 1.00. The van der Waals surface area contributed by atoms with E-state index in [1.807, 2.05) is 0 Å². The lowest BCUT2D eigenvalue weighted by Gasteiger charge is -1.89. The maximum Gasteiger partial charge on any atom is 0.265 e. The number of hydrogen-bond donors (Lipinski definition) is 2. The predicted octanol–water partition coefficient (Wildman–Crippen LogP) is 0.452. The summed E-state index contributed by atoms with van der Waals surface area (Å²) in [7, 11) is -2.67. The average Bonchev–Trinajstić information content (AvgIpc) is 1.59. The molecule has 0 fully saturated rings. The van der Waals surface area contributed by atoms with Crippen LogP contribution in [0.25, 0.3) is 0 Å². The van der Waals surface area contributed by atoms with Crippen LogP contribution in [0.4, 0.5) is 0 Å². The van der Waals surface area contributed by atoms with Crippen molar-refractivity contribution in [1.82, 2.24) is 0 Å². The van der Waals surface area contributed by atoms with Gasteiger partial charge in [-0.05, 0) is 0 Å². The molecule has 0 aromatic rings. The molecule has 0 spiro atoms. The lowest BCUT2D eigenvalue weighted by molar-refractivity contribution is 0.485. The van der Waals surface area contributed by atoms with E-state index in [0.29, 0.717) is 5.75 Å². The molecule has 6 heteroatoms. The van der Waals surface area contributed by atoms with E-state index in [4.69, 9.17) is 4.55 Å². The Bertz CT molecular complexity index is 137. The minimum Gasteiger partial charge on any atom is -0.286 e. The quantitative estimate of drug-likeness (QED) is 0.370. The van der Waals surface area contributed by atoms with Gasteiger partial charge in [0, 0.05) is 5.75 Å². The van der Waals surface area contributed by atoms with Gasteiger partial charge in [-0.25, -0.2) is 0 Å². The van der Waals surface area contributed by atoms with Gasteiger partial charge in [0.1, 0.15) is 0 Å². The van der Waals surface area contributed by atoms with E-state index in [9.17, 15) is 8.42 Å². The first-order valence-corrected chi connectivity index (χ1v) is 5.42. The Labute approximate surface area is 57.4 Å². The molecule has 0 atom stereocenters. The summed E-state index contributed by atoms with van der Waals surface area (Å²) < 4.78 is 27.9. The van der Waals surface area contributed by atoms with Crippen molar-refractivity contribution < 1.29 is 13.0 Å². The Morgan fingerprint density at radius 1 is 1.62 bits per heavy atom. The molecule has 0 saturated heterocycles. The summed E-state index contributed by atoms with van der Waals surface area (Å²) in [6, 6.07) is 0. The molecule has 3 nitrogen and oxygen atoms in total. The van der Waals surface area contributed by atoms with Crippen LogP contribution in [0.3, 0.4) is 0 Å². The Hall–Kier alpha value is 0.610. The summed E-state index contributed by atoms with van der Waals surface area (Å²) in [5.41, 5.74) is 0. The summed E-state index contributed by atoms with van der Waals surface area (Å²) >= 11 is 3.67. The second kappa shape index (κ2) is 3.60. The summed E-state index contributed by atoms with van der Waals surface area (Å²) in [4.78, 5) is 0. The zero-order valence-corrected chi connectivity index (χ0v) is 6.47. The first kappa shape index (κ1) is 8.61. The molecule has 0 aliphatic carbocycles. The molecule has 0 aromatic carbocycles. The summed E-state index contributed by atoms with van der Waals surface area (Å²) in [6.45, 7) is 0. The number of hydrogen-bond acceptors (Lipinski definition) is 4. The van der Waals surface area contributed by atoms with Crippen LogP contribution in [-0.4, -0.2) is 24.5 Å². The van der Waals surface area contributed by atoms with Gasteiger partial charge in [0.25, 0.3) is 10.1 Å². The first-order chi connectivity index (χ1) is 3.56. The van der Waals surface area contributed by atoms with Crippen LogP contribution >= 0.6 is 22.5 Å². The van der Waals surface area contributed by atoms with Gasteiger partial charge in [-0.1, -0.05) is 10.8 Å². The van der Waals surface area contributed by atoms with E-state index in [1.165, 1.54) is 0 Å². The molecular weight excluding hydrogens is 168 g/mol. The second-order valence-electron chi connectivity index (χ2n) is 1.12. The molecule has 0 amide bonds.